The van der Waals surface area contributed by atoms with Gasteiger partial charge in [-0.05, 0) is 26.3 Å². The van der Waals surface area contributed by atoms with Gasteiger partial charge in [0.1, 0.15) is 0 Å². The van der Waals surface area contributed by atoms with Gasteiger partial charge in [0.2, 0.25) is 0 Å². The first kappa shape index (κ1) is 12.6. The van der Waals surface area contributed by atoms with Crippen molar-refractivity contribution >= 4 is 10.9 Å². The van der Waals surface area contributed by atoms with Gasteiger partial charge in [0.15, 0.2) is 0 Å². The summed E-state index contributed by atoms with van der Waals surface area (Å²) >= 11 is 0. The maximum Gasteiger partial charge on any atom is 0.0841 e. The minimum Gasteiger partial charge on any atom is -0.377 e. The van der Waals surface area contributed by atoms with Crippen molar-refractivity contribution in [1.82, 2.24) is 15.1 Å². The van der Waals surface area contributed by atoms with Crippen LogP contribution >= 0.6 is 0 Å². The highest BCUT2D eigenvalue weighted by molar-refractivity contribution is 5.81. The first-order chi connectivity index (χ1) is 9.10. The Morgan fingerprint density at radius 2 is 2.26 bits per heavy atom. The molecule has 102 valence electrons. The van der Waals surface area contributed by atoms with Crippen molar-refractivity contribution in [3.05, 3.63) is 30.0 Å². The van der Waals surface area contributed by atoms with Gasteiger partial charge in [-0.2, -0.15) is 5.10 Å². The van der Waals surface area contributed by atoms with Crippen molar-refractivity contribution in [1.29, 1.82) is 0 Å². The highest BCUT2D eigenvalue weighted by Gasteiger charge is 2.36. The minimum atomic E-state index is 0.0542. The van der Waals surface area contributed by atoms with Crippen LogP contribution in [0.1, 0.15) is 26.0 Å². The topological polar surface area (TPSA) is 39.1 Å². The molecule has 19 heavy (non-hydrogen) atoms. The Morgan fingerprint density at radius 1 is 1.47 bits per heavy atom. The summed E-state index contributed by atoms with van der Waals surface area (Å²) < 4.78 is 7.61. The Morgan fingerprint density at radius 3 is 3.00 bits per heavy atom. The number of aromatic nitrogens is 2. The Bertz CT molecular complexity index is 592. The van der Waals surface area contributed by atoms with E-state index in [2.05, 4.69) is 48.5 Å². The standard InChI is InChI=1S/C15H21N3O/c1-11-15(2,8-9-19-11)16-10-13-12-6-4-5-7-14(12)18(3)17-13/h4-7,11,16H,8-10H2,1-3H3. The third kappa shape index (κ3) is 2.15. The molecule has 0 bridgehead atoms. The molecule has 0 aliphatic carbocycles. The van der Waals surface area contributed by atoms with E-state index in [1.54, 1.807) is 0 Å². The van der Waals surface area contributed by atoms with Crippen LogP contribution in [0, 0.1) is 0 Å². The van der Waals surface area contributed by atoms with Gasteiger partial charge in [-0.15, -0.1) is 0 Å². The number of ether oxygens (including phenoxy) is 1. The summed E-state index contributed by atoms with van der Waals surface area (Å²) in [5.74, 6) is 0. The molecule has 2 atom stereocenters. The molecule has 1 aliphatic rings. The lowest BCUT2D eigenvalue weighted by molar-refractivity contribution is 0.0880. The molecule has 1 aromatic carbocycles. The fraction of sp³-hybridized carbons (Fsp3) is 0.533. The first-order valence-corrected chi connectivity index (χ1v) is 6.87. The summed E-state index contributed by atoms with van der Waals surface area (Å²) in [6, 6.07) is 8.36. The summed E-state index contributed by atoms with van der Waals surface area (Å²) in [5.41, 5.74) is 2.34. The summed E-state index contributed by atoms with van der Waals surface area (Å²) in [6.07, 6.45) is 1.31. The molecule has 0 saturated carbocycles. The van der Waals surface area contributed by atoms with Crippen molar-refractivity contribution < 1.29 is 4.74 Å². The van der Waals surface area contributed by atoms with Crippen LogP contribution in [0.2, 0.25) is 0 Å². The van der Waals surface area contributed by atoms with Crippen LogP contribution in [0.15, 0.2) is 24.3 Å². The number of para-hydroxylation sites is 1. The van der Waals surface area contributed by atoms with E-state index in [4.69, 9.17) is 4.74 Å². The van der Waals surface area contributed by atoms with Crippen LogP contribution in [-0.4, -0.2) is 28.0 Å². The molecule has 0 radical (unpaired) electrons. The summed E-state index contributed by atoms with van der Waals surface area (Å²) in [7, 11) is 1.99. The second-order valence-electron chi connectivity index (χ2n) is 5.62. The second kappa shape index (κ2) is 4.62. The Hall–Kier alpha value is -1.39. The fourth-order valence-corrected chi connectivity index (χ4v) is 2.77. The zero-order chi connectivity index (χ0) is 13.5. The van der Waals surface area contributed by atoms with Crippen LogP contribution in [0.4, 0.5) is 0 Å². The molecule has 0 amide bonds. The normalized spacial score (nSPS) is 27.2. The van der Waals surface area contributed by atoms with E-state index >= 15 is 0 Å². The zero-order valence-electron chi connectivity index (χ0n) is 11.8. The number of hydrogen-bond acceptors (Lipinski definition) is 3. The van der Waals surface area contributed by atoms with Gasteiger partial charge in [0, 0.05) is 31.1 Å². The predicted octanol–water partition coefficient (Wildman–Crippen LogP) is 2.23. The van der Waals surface area contributed by atoms with Crippen LogP contribution in [-0.2, 0) is 18.3 Å². The summed E-state index contributed by atoms with van der Waals surface area (Å²) in [5, 5.41) is 9.48. The third-order valence-corrected chi connectivity index (χ3v) is 4.38. The van der Waals surface area contributed by atoms with E-state index in [1.165, 1.54) is 10.9 Å². The number of nitrogens with zero attached hydrogens (tertiary/aromatic N) is 2. The molecule has 3 rings (SSSR count). The smallest absolute Gasteiger partial charge is 0.0841 e. The average molecular weight is 259 g/mol. The molecule has 4 nitrogen and oxygen atoms in total. The molecule has 0 spiro atoms. The first-order valence-electron chi connectivity index (χ1n) is 6.87. The molecule has 1 N–H and O–H groups in total. The number of benzene rings is 1. The van der Waals surface area contributed by atoms with E-state index in [-0.39, 0.29) is 11.6 Å². The number of fused-ring (bicyclic) bond motifs is 1. The number of aryl methyl sites for hydroxylation is 1. The highest BCUT2D eigenvalue weighted by Crippen LogP contribution is 2.26. The van der Waals surface area contributed by atoms with E-state index in [1.807, 2.05) is 11.7 Å². The van der Waals surface area contributed by atoms with E-state index in [0.29, 0.717) is 0 Å². The lowest BCUT2D eigenvalue weighted by Crippen LogP contribution is -2.47. The molecule has 1 aromatic heterocycles. The second-order valence-corrected chi connectivity index (χ2v) is 5.62. The predicted molar refractivity (Wildman–Crippen MR) is 76.0 cm³/mol. The summed E-state index contributed by atoms with van der Waals surface area (Å²) in [6.45, 7) is 5.99. The molecule has 1 fully saturated rings. The average Bonchev–Trinajstić information content (AvgIpc) is 2.90. The van der Waals surface area contributed by atoms with E-state index in [0.717, 1.165) is 25.3 Å². The lowest BCUT2D eigenvalue weighted by Gasteiger charge is -2.28. The van der Waals surface area contributed by atoms with Crippen molar-refractivity contribution in [2.45, 2.75) is 38.5 Å². The minimum absolute atomic E-state index is 0.0542. The van der Waals surface area contributed by atoms with E-state index in [9.17, 15) is 0 Å². The van der Waals surface area contributed by atoms with Crippen molar-refractivity contribution in [2.24, 2.45) is 7.05 Å². The van der Waals surface area contributed by atoms with Crippen molar-refractivity contribution in [3.8, 4) is 0 Å². The van der Waals surface area contributed by atoms with Crippen LogP contribution < -0.4 is 5.32 Å². The van der Waals surface area contributed by atoms with Gasteiger partial charge in [-0.3, -0.25) is 4.68 Å². The highest BCUT2D eigenvalue weighted by atomic mass is 16.5. The number of rotatable bonds is 3. The maximum atomic E-state index is 5.66. The van der Waals surface area contributed by atoms with Crippen molar-refractivity contribution in [3.63, 3.8) is 0 Å². The monoisotopic (exact) mass is 259 g/mol. The van der Waals surface area contributed by atoms with Crippen LogP contribution in [0.5, 0.6) is 0 Å². The molecule has 1 saturated heterocycles. The molecular formula is C15H21N3O. The maximum absolute atomic E-state index is 5.66. The Labute approximate surface area is 113 Å². The molecule has 4 heteroatoms. The molecule has 2 aromatic rings. The van der Waals surface area contributed by atoms with Gasteiger partial charge in [0.05, 0.1) is 17.3 Å². The van der Waals surface area contributed by atoms with Gasteiger partial charge >= 0.3 is 0 Å². The van der Waals surface area contributed by atoms with Gasteiger partial charge < -0.3 is 10.1 Å². The molecule has 1 aliphatic heterocycles. The quantitative estimate of drug-likeness (QED) is 0.918. The fourth-order valence-electron chi connectivity index (χ4n) is 2.77. The van der Waals surface area contributed by atoms with Gasteiger partial charge in [-0.1, -0.05) is 18.2 Å². The SMILES string of the molecule is CC1OCCC1(C)NCc1nn(C)c2ccccc12. The zero-order valence-corrected chi connectivity index (χ0v) is 11.8. The third-order valence-electron chi connectivity index (χ3n) is 4.38. The van der Waals surface area contributed by atoms with Crippen LogP contribution in [0.25, 0.3) is 10.9 Å². The summed E-state index contributed by atoms with van der Waals surface area (Å²) in [4.78, 5) is 0. The molecular weight excluding hydrogens is 238 g/mol. The molecule has 2 heterocycles. The van der Waals surface area contributed by atoms with Gasteiger partial charge in [-0.25, -0.2) is 0 Å². The Kier molecular flexibility index (Phi) is 3.07. The Balaban J connectivity index is 1.82. The van der Waals surface area contributed by atoms with Gasteiger partial charge in [0.25, 0.3) is 0 Å². The van der Waals surface area contributed by atoms with Crippen molar-refractivity contribution in [2.75, 3.05) is 6.61 Å². The number of nitrogens with one attached hydrogen (secondary N) is 1. The number of hydrogen-bond donors (Lipinski definition) is 1. The lowest BCUT2D eigenvalue weighted by atomic mass is 9.94. The molecule has 2 unspecified atom stereocenters. The largest absolute Gasteiger partial charge is 0.377 e. The van der Waals surface area contributed by atoms with E-state index < -0.39 is 0 Å². The van der Waals surface area contributed by atoms with Crippen LogP contribution in [0.3, 0.4) is 0 Å².